The minimum atomic E-state index is -1.87. The molecule has 28 heavy (non-hydrogen) atoms. The van der Waals surface area contributed by atoms with Gasteiger partial charge in [0.1, 0.15) is 0 Å². The van der Waals surface area contributed by atoms with Crippen LogP contribution < -0.4 is 0 Å². The van der Waals surface area contributed by atoms with E-state index in [1.165, 1.54) is 11.3 Å². The summed E-state index contributed by atoms with van der Waals surface area (Å²) in [6, 6.07) is 4.30. The summed E-state index contributed by atoms with van der Waals surface area (Å²) in [5.74, 6) is 0.526. The second-order valence-corrected chi connectivity index (χ2v) is 21.2. The van der Waals surface area contributed by atoms with E-state index in [4.69, 9.17) is 13.8 Å². The Kier molecular flexibility index (Phi) is 7.07. The van der Waals surface area contributed by atoms with Crippen LogP contribution in [-0.4, -0.2) is 28.2 Å². The van der Waals surface area contributed by atoms with E-state index in [1.54, 1.807) is 0 Å². The minimum Gasteiger partial charge on any atom is -0.417 e. The van der Waals surface area contributed by atoms with Gasteiger partial charge in [0, 0.05) is 12.8 Å². The van der Waals surface area contributed by atoms with Gasteiger partial charge in [-0.2, -0.15) is 0 Å². The van der Waals surface area contributed by atoms with Crippen LogP contribution in [0.4, 0.5) is 0 Å². The van der Waals surface area contributed by atoms with E-state index in [9.17, 15) is 0 Å². The first-order chi connectivity index (χ1) is 12.6. The molecule has 0 aromatic carbocycles. The van der Waals surface area contributed by atoms with E-state index in [0.717, 1.165) is 25.9 Å². The molecule has 0 spiro atoms. The van der Waals surface area contributed by atoms with Crippen molar-refractivity contribution in [2.45, 2.75) is 103 Å². The fourth-order valence-electron chi connectivity index (χ4n) is 3.17. The van der Waals surface area contributed by atoms with Crippen LogP contribution in [-0.2, 0) is 15.3 Å². The molecule has 0 saturated carbocycles. The maximum absolute atomic E-state index is 6.91. The number of aryl methyl sites for hydroxylation is 1. The third-order valence-electron chi connectivity index (χ3n) is 7.33. The standard InChI is InChI=1S/C23H43NO2Si2/c1-22(2,3)27(7,8)25-17-18-13-14-19-12-11-15-24-21(19)20(16-18)26-28(9,10)23(4,5)6/h11-12,15,18,20H,13-14,16-17H2,1-10H3/t18-,20+/m1/s1. The quantitative estimate of drug-likeness (QED) is 0.374. The summed E-state index contributed by atoms with van der Waals surface area (Å²) >= 11 is 0. The van der Waals surface area contributed by atoms with Crippen molar-refractivity contribution in [1.29, 1.82) is 0 Å². The van der Waals surface area contributed by atoms with Gasteiger partial charge in [-0.15, -0.1) is 0 Å². The van der Waals surface area contributed by atoms with Crippen LogP contribution in [0.15, 0.2) is 18.3 Å². The van der Waals surface area contributed by atoms with Crippen molar-refractivity contribution in [3.05, 3.63) is 29.6 Å². The molecule has 1 aromatic heterocycles. The van der Waals surface area contributed by atoms with E-state index in [1.807, 2.05) is 6.20 Å². The van der Waals surface area contributed by atoms with Gasteiger partial charge in [-0.3, -0.25) is 4.98 Å². The van der Waals surface area contributed by atoms with Gasteiger partial charge >= 0.3 is 0 Å². The smallest absolute Gasteiger partial charge is 0.192 e. The zero-order valence-corrected chi connectivity index (χ0v) is 22.0. The van der Waals surface area contributed by atoms with Crippen LogP contribution in [0, 0.1) is 5.92 Å². The molecule has 2 rings (SSSR count). The van der Waals surface area contributed by atoms with Gasteiger partial charge in [0.2, 0.25) is 0 Å². The number of rotatable bonds is 5. The molecule has 0 bridgehead atoms. The highest BCUT2D eigenvalue weighted by atomic mass is 28.4. The molecule has 0 radical (unpaired) electrons. The summed E-state index contributed by atoms with van der Waals surface area (Å²) < 4.78 is 13.5. The van der Waals surface area contributed by atoms with E-state index >= 15 is 0 Å². The summed E-state index contributed by atoms with van der Waals surface area (Å²) in [6.45, 7) is 24.1. The summed E-state index contributed by atoms with van der Waals surface area (Å²) in [5, 5.41) is 0.445. The lowest BCUT2D eigenvalue weighted by Gasteiger charge is -2.40. The fraction of sp³-hybridized carbons (Fsp3) is 0.783. The number of hydrogen-bond donors (Lipinski definition) is 0. The Bertz CT molecular complexity index is 659. The lowest BCUT2D eigenvalue weighted by atomic mass is 10.00. The summed E-state index contributed by atoms with van der Waals surface area (Å²) in [5.41, 5.74) is 2.53. The second-order valence-electron chi connectivity index (χ2n) is 11.6. The Balaban J connectivity index is 2.21. The normalized spacial score (nSPS) is 21.9. The van der Waals surface area contributed by atoms with Crippen LogP contribution in [0.25, 0.3) is 0 Å². The van der Waals surface area contributed by atoms with Gasteiger partial charge < -0.3 is 8.85 Å². The van der Waals surface area contributed by atoms with Crippen LogP contribution in [0.3, 0.4) is 0 Å². The molecule has 1 heterocycles. The molecule has 5 heteroatoms. The van der Waals surface area contributed by atoms with Crippen molar-refractivity contribution in [1.82, 2.24) is 4.98 Å². The topological polar surface area (TPSA) is 31.4 Å². The first-order valence-corrected chi connectivity index (χ1v) is 16.7. The van der Waals surface area contributed by atoms with Gasteiger partial charge in [-0.25, -0.2) is 0 Å². The highest BCUT2D eigenvalue weighted by Crippen LogP contribution is 2.43. The van der Waals surface area contributed by atoms with E-state index in [2.05, 4.69) is 79.9 Å². The van der Waals surface area contributed by atoms with Gasteiger partial charge in [0.15, 0.2) is 16.6 Å². The number of nitrogens with zero attached hydrogens (tertiary/aromatic N) is 1. The van der Waals surface area contributed by atoms with E-state index in [-0.39, 0.29) is 16.2 Å². The molecule has 0 aliphatic heterocycles. The van der Waals surface area contributed by atoms with E-state index < -0.39 is 16.6 Å². The lowest BCUT2D eigenvalue weighted by Crippen LogP contribution is -2.43. The van der Waals surface area contributed by atoms with Crippen LogP contribution in [0.5, 0.6) is 0 Å². The fourth-order valence-corrected chi connectivity index (χ4v) is 5.53. The number of hydrogen-bond acceptors (Lipinski definition) is 3. The monoisotopic (exact) mass is 421 g/mol. The molecule has 0 amide bonds. The first kappa shape index (κ1) is 23.8. The predicted molar refractivity (Wildman–Crippen MR) is 125 cm³/mol. The van der Waals surface area contributed by atoms with Gasteiger partial charge in [0.25, 0.3) is 0 Å². The summed E-state index contributed by atoms with van der Waals surface area (Å²) in [6.07, 6.45) is 5.27. The Morgan fingerprint density at radius 1 is 1.00 bits per heavy atom. The minimum absolute atomic E-state index is 0.0904. The molecular weight excluding hydrogens is 378 g/mol. The molecule has 1 aliphatic rings. The SMILES string of the molecule is CC(C)(C)[Si](C)(C)OC[C@@H]1CCc2cccnc2[C@@H](O[Si](C)(C)C(C)(C)C)C1. The molecule has 0 unspecified atom stereocenters. The molecule has 1 aliphatic carbocycles. The van der Waals surface area contributed by atoms with E-state index in [0.29, 0.717) is 5.92 Å². The number of aromatic nitrogens is 1. The first-order valence-electron chi connectivity index (χ1n) is 10.9. The Morgan fingerprint density at radius 3 is 2.18 bits per heavy atom. The maximum Gasteiger partial charge on any atom is 0.192 e. The lowest BCUT2D eigenvalue weighted by molar-refractivity contribution is 0.124. The highest BCUT2D eigenvalue weighted by molar-refractivity contribution is 6.74. The van der Waals surface area contributed by atoms with Crippen molar-refractivity contribution in [3.63, 3.8) is 0 Å². The van der Waals surface area contributed by atoms with Crippen molar-refractivity contribution in [3.8, 4) is 0 Å². The zero-order valence-electron chi connectivity index (χ0n) is 20.0. The second kappa shape index (κ2) is 8.33. The number of pyridine rings is 1. The molecule has 1 aromatic rings. The third kappa shape index (κ3) is 5.56. The summed E-state index contributed by atoms with van der Waals surface area (Å²) in [4.78, 5) is 4.77. The molecular formula is C23H43NO2Si2. The molecule has 3 nitrogen and oxygen atoms in total. The van der Waals surface area contributed by atoms with Crippen molar-refractivity contribution < 1.29 is 8.85 Å². The average Bonchev–Trinajstić information content (AvgIpc) is 2.71. The van der Waals surface area contributed by atoms with Crippen LogP contribution in [0.1, 0.15) is 71.7 Å². The van der Waals surface area contributed by atoms with Crippen molar-refractivity contribution in [2.75, 3.05) is 6.61 Å². The van der Waals surface area contributed by atoms with Crippen molar-refractivity contribution in [2.24, 2.45) is 5.92 Å². The van der Waals surface area contributed by atoms with Gasteiger partial charge in [-0.05, 0) is 73.1 Å². The average molecular weight is 422 g/mol. The molecule has 0 saturated heterocycles. The molecule has 0 N–H and O–H groups in total. The maximum atomic E-state index is 6.91. The largest absolute Gasteiger partial charge is 0.417 e. The van der Waals surface area contributed by atoms with Crippen LogP contribution >= 0.6 is 0 Å². The molecule has 0 fully saturated rings. The zero-order chi connectivity index (χ0) is 21.4. The predicted octanol–water partition coefficient (Wildman–Crippen LogP) is 7.12. The summed E-state index contributed by atoms with van der Waals surface area (Å²) in [7, 11) is -3.61. The molecule has 160 valence electrons. The molecule has 2 atom stereocenters. The van der Waals surface area contributed by atoms with Crippen molar-refractivity contribution >= 4 is 16.6 Å². The number of fused-ring (bicyclic) bond motifs is 1. The Hall–Kier alpha value is -0.496. The van der Waals surface area contributed by atoms with Gasteiger partial charge in [-0.1, -0.05) is 47.6 Å². The van der Waals surface area contributed by atoms with Gasteiger partial charge in [0.05, 0.1) is 11.8 Å². The highest BCUT2D eigenvalue weighted by Gasteiger charge is 2.42. The third-order valence-corrected chi connectivity index (χ3v) is 16.3. The van der Waals surface area contributed by atoms with Crippen LogP contribution in [0.2, 0.25) is 36.3 Å². The Labute approximate surface area is 175 Å². The Morgan fingerprint density at radius 2 is 1.61 bits per heavy atom.